The van der Waals surface area contributed by atoms with Gasteiger partial charge in [-0.1, -0.05) is 36.0 Å². The van der Waals surface area contributed by atoms with E-state index in [2.05, 4.69) is 34.5 Å². The maximum atomic E-state index is 12.1. The first kappa shape index (κ1) is 15.9. The Morgan fingerprint density at radius 3 is 2.26 bits per heavy atom. The van der Waals surface area contributed by atoms with E-state index < -0.39 is 0 Å². The summed E-state index contributed by atoms with van der Waals surface area (Å²) in [7, 11) is 0. The molecule has 0 radical (unpaired) electrons. The van der Waals surface area contributed by atoms with Gasteiger partial charge in [-0.15, -0.1) is 0 Å². The lowest BCUT2D eigenvalue weighted by Gasteiger charge is -2.32. The summed E-state index contributed by atoms with van der Waals surface area (Å²) in [5, 5.41) is 2.92. The number of benzene rings is 2. The van der Waals surface area contributed by atoms with Crippen LogP contribution in [-0.4, -0.2) is 25.0 Å². The second-order valence-electron chi connectivity index (χ2n) is 5.64. The number of rotatable bonds is 5. The van der Waals surface area contributed by atoms with Gasteiger partial charge >= 0.3 is 0 Å². The first-order chi connectivity index (χ1) is 11.2. The van der Waals surface area contributed by atoms with Crippen molar-refractivity contribution in [2.75, 3.05) is 18.0 Å². The minimum absolute atomic E-state index is 0.0129. The van der Waals surface area contributed by atoms with Gasteiger partial charge < -0.3 is 16.0 Å². The van der Waals surface area contributed by atoms with Gasteiger partial charge in [-0.3, -0.25) is 4.79 Å². The first-order valence-corrected chi connectivity index (χ1v) is 8.63. The summed E-state index contributed by atoms with van der Waals surface area (Å²) in [4.78, 5) is 16.8. The van der Waals surface area contributed by atoms with E-state index >= 15 is 0 Å². The number of fused-ring (bicyclic) bond motifs is 2. The Balaban J connectivity index is 1.80. The molecule has 1 aliphatic rings. The van der Waals surface area contributed by atoms with Crippen LogP contribution in [0.15, 0.2) is 58.3 Å². The van der Waals surface area contributed by atoms with Crippen LogP contribution in [0.5, 0.6) is 0 Å². The Bertz CT molecular complexity index is 659. The molecule has 0 saturated heterocycles. The lowest BCUT2D eigenvalue weighted by atomic mass is 10.2. The molecule has 1 atom stereocenters. The highest BCUT2D eigenvalue weighted by molar-refractivity contribution is 7.99. The fourth-order valence-corrected chi connectivity index (χ4v) is 3.74. The molecule has 2 aromatic rings. The van der Waals surface area contributed by atoms with E-state index in [1.165, 1.54) is 9.79 Å². The molecule has 5 heteroatoms. The van der Waals surface area contributed by atoms with Crippen molar-refractivity contribution in [3.8, 4) is 0 Å². The fourth-order valence-electron chi connectivity index (χ4n) is 2.64. The smallest absolute Gasteiger partial charge is 0.222 e. The predicted molar refractivity (Wildman–Crippen MR) is 95.3 cm³/mol. The van der Waals surface area contributed by atoms with Gasteiger partial charge in [0.15, 0.2) is 0 Å². The molecule has 120 valence electrons. The molecule has 2 aromatic carbocycles. The van der Waals surface area contributed by atoms with Crippen molar-refractivity contribution < 1.29 is 4.79 Å². The van der Waals surface area contributed by atoms with Crippen LogP contribution in [0.2, 0.25) is 0 Å². The minimum atomic E-state index is 0.0129. The normalized spacial score (nSPS) is 13.9. The molecule has 1 amide bonds. The van der Waals surface area contributed by atoms with Crippen LogP contribution in [0.1, 0.15) is 13.3 Å². The molecule has 1 aliphatic heterocycles. The maximum Gasteiger partial charge on any atom is 0.222 e. The quantitative estimate of drug-likeness (QED) is 0.886. The Hall–Kier alpha value is -1.98. The van der Waals surface area contributed by atoms with Gasteiger partial charge in [0.05, 0.1) is 11.4 Å². The molecule has 0 spiro atoms. The second-order valence-corrected chi connectivity index (χ2v) is 6.73. The van der Waals surface area contributed by atoms with Crippen LogP contribution in [0.25, 0.3) is 0 Å². The summed E-state index contributed by atoms with van der Waals surface area (Å²) in [6.45, 7) is 3.02. The number of nitrogens with two attached hydrogens (primary N) is 1. The summed E-state index contributed by atoms with van der Waals surface area (Å²) < 4.78 is 0. The molecule has 0 aliphatic carbocycles. The molecule has 0 fully saturated rings. The molecule has 3 N–H and O–H groups in total. The highest BCUT2D eigenvalue weighted by Gasteiger charge is 2.23. The SMILES string of the molecule is C[C@@H](CN)NC(=O)CCN1c2ccccc2Sc2ccccc21. The van der Waals surface area contributed by atoms with E-state index in [1.54, 1.807) is 11.8 Å². The Labute approximate surface area is 141 Å². The van der Waals surface area contributed by atoms with Crippen LogP contribution >= 0.6 is 11.8 Å². The maximum absolute atomic E-state index is 12.1. The first-order valence-electron chi connectivity index (χ1n) is 7.82. The number of hydrogen-bond donors (Lipinski definition) is 2. The third kappa shape index (κ3) is 3.51. The molecule has 3 rings (SSSR count). The molecule has 23 heavy (non-hydrogen) atoms. The zero-order valence-electron chi connectivity index (χ0n) is 13.2. The van der Waals surface area contributed by atoms with Gasteiger partial charge in [0, 0.05) is 35.3 Å². The lowest BCUT2D eigenvalue weighted by molar-refractivity contribution is -0.121. The number of nitrogens with zero attached hydrogens (tertiary/aromatic N) is 1. The number of hydrogen-bond acceptors (Lipinski definition) is 4. The van der Waals surface area contributed by atoms with Crippen LogP contribution in [-0.2, 0) is 4.79 Å². The molecule has 0 aromatic heterocycles. The number of para-hydroxylation sites is 2. The van der Waals surface area contributed by atoms with E-state index in [4.69, 9.17) is 5.73 Å². The summed E-state index contributed by atoms with van der Waals surface area (Å²) in [5.41, 5.74) is 7.88. The van der Waals surface area contributed by atoms with Gasteiger partial charge in [0.25, 0.3) is 0 Å². The van der Waals surface area contributed by atoms with Gasteiger partial charge in [0.2, 0.25) is 5.91 Å². The molecule has 0 saturated carbocycles. The third-order valence-corrected chi connectivity index (χ3v) is 4.99. The zero-order chi connectivity index (χ0) is 16.2. The van der Waals surface area contributed by atoms with Gasteiger partial charge in [-0.05, 0) is 31.2 Å². The summed E-state index contributed by atoms with van der Waals surface area (Å²) in [6.07, 6.45) is 0.442. The van der Waals surface area contributed by atoms with Gasteiger partial charge in [-0.2, -0.15) is 0 Å². The Morgan fingerprint density at radius 2 is 1.70 bits per heavy atom. The topological polar surface area (TPSA) is 58.4 Å². The number of nitrogens with one attached hydrogen (secondary N) is 1. The van der Waals surface area contributed by atoms with Crippen LogP contribution < -0.4 is 16.0 Å². The number of amides is 1. The largest absolute Gasteiger partial charge is 0.352 e. The minimum Gasteiger partial charge on any atom is -0.352 e. The van der Waals surface area contributed by atoms with Gasteiger partial charge in [0.1, 0.15) is 0 Å². The second kappa shape index (κ2) is 7.06. The molecule has 0 bridgehead atoms. The summed E-state index contributed by atoms with van der Waals surface area (Å²) in [6, 6.07) is 16.7. The predicted octanol–water partition coefficient (Wildman–Crippen LogP) is 3.14. The van der Waals surface area contributed by atoms with E-state index in [-0.39, 0.29) is 11.9 Å². The van der Waals surface area contributed by atoms with E-state index in [9.17, 15) is 4.79 Å². The lowest BCUT2D eigenvalue weighted by Crippen LogP contribution is -2.39. The number of carbonyl (C=O) groups is 1. The van der Waals surface area contributed by atoms with E-state index in [0.717, 1.165) is 11.4 Å². The Kier molecular flexibility index (Phi) is 4.88. The summed E-state index contributed by atoms with van der Waals surface area (Å²) >= 11 is 1.78. The molecule has 4 nitrogen and oxygen atoms in total. The molecule has 0 unspecified atom stereocenters. The van der Waals surface area contributed by atoms with Crippen molar-refractivity contribution in [2.45, 2.75) is 29.2 Å². The third-order valence-electron chi connectivity index (χ3n) is 3.86. The van der Waals surface area contributed by atoms with Crippen molar-refractivity contribution in [3.63, 3.8) is 0 Å². The summed E-state index contributed by atoms with van der Waals surface area (Å²) in [5.74, 6) is 0.0381. The standard InChI is InChI=1S/C18H21N3OS/c1-13(12-19)20-18(22)10-11-21-14-6-2-4-8-16(14)23-17-9-5-3-7-15(17)21/h2-9,13H,10-12,19H2,1H3,(H,20,22)/t13-/m0/s1. The highest BCUT2D eigenvalue weighted by atomic mass is 32.2. The van der Waals surface area contributed by atoms with Crippen molar-refractivity contribution in [1.29, 1.82) is 0 Å². The van der Waals surface area contributed by atoms with Crippen molar-refractivity contribution in [1.82, 2.24) is 5.32 Å². The van der Waals surface area contributed by atoms with Crippen molar-refractivity contribution >= 4 is 29.0 Å². The molecule has 1 heterocycles. The highest BCUT2D eigenvalue weighted by Crippen LogP contribution is 2.47. The average Bonchev–Trinajstić information content (AvgIpc) is 2.58. The van der Waals surface area contributed by atoms with Crippen LogP contribution in [0.3, 0.4) is 0 Å². The van der Waals surface area contributed by atoms with E-state index in [0.29, 0.717) is 19.5 Å². The zero-order valence-corrected chi connectivity index (χ0v) is 14.0. The van der Waals surface area contributed by atoms with Crippen molar-refractivity contribution in [3.05, 3.63) is 48.5 Å². The van der Waals surface area contributed by atoms with Crippen LogP contribution in [0.4, 0.5) is 11.4 Å². The van der Waals surface area contributed by atoms with E-state index in [1.807, 2.05) is 31.2 Å². The number of carbonyl (C=O) groups excluding carboxylic acids is 1. The Morgan fingerprint density at radius 1 is 1.13 bits per heavy atom. The van der Waals surface area contributed by atoms with Gasteiger partial charge in [-0.25, -0.2) is 0 Å². The molecular weight excluding hydrogens is 306 g/mol. The molecular formula is C18H21N3OS. The average molecular weight is 327 g/mol. The van der Waals surface area contributed by atoms with Crippen LogP contribution in [0, 0.1) is 0 Å². The monoisotopic (exact) mass is 327 g/mol. The fraction of sp³-hybridized carbons (Fsp3) is 0.278. The van der Waals surface area contributed by atoms with Crippen molar-refractivity contribution in [2.24, 2.45) is 5.73 Å². The number of anilines is 2.